The van der Waals surface area contributed by atoms with Gasteiger partial charge in [0.05, 0.1) is 21.9 Å². The van der Waals surface area contributed by atoms with Crippen LogP contribution < -0.4 is 5.73 Å². The number of aromatic nitrogens is 5. The largest absolute Gasteiger partial charge is 0.383 e. The molecule has 0 amide bonds. The molecule has 9 nitrogen and oxygen atoms in total. The van der Waals surface area contributed by atoms with Crippen LogP contribution in [0.4, 0.5) is 5.82 Å². The third-order valence-corrected chi connectivity index (χ3v) is 5.14. The summed E-state index contributed by atoms with van der Waals surface area (Å²) in [5.41, 5.74) is 8.90. The van der Waals surface area contributed by atoms with E-state index < -0.39 is 9.84 Å². The van der Waals surface area contributed by atoms with Crippen LogP contribution in [0.25, 0.3) is 22.2 Å². The molecule has 0 unspecified atom stereocenters. The summed E-state index contributed by atoms with van der Waals surface area (Å²) < 4.78 is 22.9. The van der Waals surface area contributed by atoms with Gasteiger partial charge >= 0.3 is 0 Å². The van der Waals surface area contributed by atoms with E-state index in [2.05, 4.69) is 31.2 Å². The first-order valence-electron chi connectivity index (χ1n) is 8.37. The number of aromatic amines is 1. The summed E-state index contributed by atoms with van der Waals surface area (Å²) in [6, 6.07) is 10.6. The molecule has 10 heteroatoms. The summed E-state index contributed by atoms with van der Waals surface area (Å²) in [6.45, 7) is 1.88. The molecule has 0 atom stereocenters. The van der Waals surface area contributed by atoms with Crippen LogP contribution in [0.15, 0.2) is 53.9 Å². The van der Waals surface area contributed by atoms with Crippen LogP contribution in [0.2, 0.25) is 0 Å². The van der Waals surface area contributed by atoms with Gasteiger partial charge in [0.1, 0.15) is 12.1 Å². The molecule has 3 aromatic heterocycles. The van der Waals surface area contributed by atoms with Crippen LogP contribution in [0.3, 0.4) is 0 Å². The molecule has 146 valence electrons. The Labute approximate surface area is 167 Å². The Morgan fingerprint density at radius 1 is 1.17 bits per heavy atom. The van der Waals surface area contributed by atoms with Crippen molar-refractivity contribution in [3.05, 3.63) is 60.3 Å². The normalized spacial score (nSPS) is 10.8. The van der Waals surface area contributed by atoms with E-state index in [4.69, 9.17) is 11.0 Å². The van der Waals surface area contributed by atoms with Gasteiger partial charge in [0.25, 0.3) is 0 Å². The lowest BCUT2D eigenvalue weighted by molar-refractivity contribution is 0.601. The van der Waals surface area contributed by atoms with E-state index in [0.717, 1.165) is 17.3 Å². The molecule has 0 aliphatic heterocycles. The molecule has 0 aliphatic carbocycles. The summed E-state index contributed by atoms with van der Waals surface area (Å²) in [5.74, 6) is 0.473. The minimum absolute atomic E-state index is 0.146. The van der Waals surface area contributed by atoms with Gasteiger partial charge in [0, 0.05) is 35.5 Å². The number of nitrogen functional groups attached to an aromatic ring is 1. The van der Waals surface area contributed by atoms with Gasteiger partial charge in [-0.25, -0.2) is 18.4 Å². The van der Waals surface area contributed by atoms with Crippen molar-refractivity contribution in [1.29, 1.82) is 5.26 Å². The van der Waals surface area contributed by atoms with Crippen molar-refractivity contribution in [2.75, 3.05) is 12.0 Å². The maximum atomic E-state index is 11.5. The number of sulfone groups is 1. The quantitative estimate of drug-likeness (QED) is 0.513. The number of anilines is 1. The highest BCUT2D eigenvalue weighted by atomic mass is 32.2. The maximum absolute atomic E-state index is 11.5. The number of pyridine rings is 1. The van der Waals surface area contributed by atoms with Crippen molar-refractivity contribution in [1.82, 2.24) is 25.1 Å². The number of nitriles is 1. The molecule has 0 radical (unpaired) electrons. The number of hydrogen-bond acceptors (Lipinski definition) is 8. The summed E-state index contributed by atoms with van der Waals surface area (Å²) in [5, 5.41) is 16.5. The van der Waals surface area contributed by atoms with E-state index in [1.165, 1.54) is 18.6 Å². The molecule has 4 rings (SSSR count). The number of nitrogens with zero attached hydrogens (tertiary/aromatic N) is 5. The van der Waals surface area contributed by atoms with E-state index in [-0.39, 0.29) is 4.90 Å². The van der Waals surface area contributed by atoms with Crippen molar-refractivity contribution in [2.24, 2.45) is 0 Å². The Balaban J connectivity index is 0.000000186. The zero-order chi connectivity index (χ0) is 21.0. The van der Waals surface area contributed by atoms with Crippen molar-refractivity contribution in [3.8, 4) is 17.2 Å². The summed E-state index contributed by atoms with van der Waals surface area (Å²) in [4.78, 5) is 11.8. The lowest BCUT2D eigenvalue weighted by atomic mass is 10.0. The zero-order valence-electron chi connectivity index (χ0n) is 15.7. The molecule has 0 bridgehead atoms. The van der Waals surface area contributed by atoms with E-state index in [1.807, 2.05) is 6.92 Å². The third kappa shape index (κ3) is 4.36. The molecule has 29 heavy (non-hydrogen) atoms. The number of nitrogens with one attached hydrogen (secondary N) is 1. The number of hydrogen-bond donors (Lipinski definition) is 2. The SMILES string of the molecule is CS(=O)(=O)c1cncc(-c2ccccc2C#N)c1.Cc1[nH]nc2ncnc(N)c12. The van der Waals surface area contributed by atoms with Gasteiger partial charge in [-0.1, -0.05) is 18.2 Å². The van der Waals surface area contributed by atoms with Crippen LogP contribution in [-0.2, 0) is 9.84 Å². The van der Waals surface area contributed by atoms with Crippen molar-refractivity contribution < 1.29 is 8.42 Å². The number of fused-ring (bicyclic) bond motifs is 1. The highest BCUT2D eigenvalue weighted by Gasteiger charge is 2.11. The fourth-order valence-electron chi connectivity index (χ4n) is 2.63. The van der Waals surface area contributed by atoms with Crippen molar-refractivity contribution in [3.63, 3.8) is 0 Å². The predicted molar refractivity (Wildman–Crippen MR) is 108 cm³/mol. The van der Waals surface area contributed by atoms with Crippen LogP contribution in [-0.4, -0.2) is 39.8 Å². The Hall–Kier alpha value is -3.84. The molecule has 0 saturated heterocycles. The Morgan fingerprint density at radius 2 is 1.93 bits per heavy atom. The van der Waals surface area contributed by atoms with Crippen molar-refractivity contribution in [2.45, 2.75) is 11.8 Å². The van der Waals surface area contributed by atoms with Crippen LogP contribution in [0.1, 0.15) is 11.3 Å². The molecular formula is C19H17N7O2S. The lowest BCUT2D eigenvalue weighted by Crippen LogP contribution is -1.98. The number of benzene rings is 1. The fourth-order valence-corrected chi connectivity index (χ4v) is 3.22. The lowest BCUT2D eigenvalue weighted by Gasteiger charge is -2.05. The van der Waals surface area contributed by atoms with Crippen LogP contribution in [0.5, 0.6) is 0 Å². The highest BCUT2D eigenvalue weighted by Crippen LogP contribution is 2.24. The van der Waals surface area contributed by atoms with Gasteiger partial charge in [-0.3, -0.25) is 10.1 Å². The maximum Gasteiger partial charge on any atom is 0.186 e. The standard InChI is InChI=1S/C13H10N2O2S.C6H7N5/c1-18(16,17)12-6-11(8-15-9-12)13-5-3-2-4-10(13)7-14;1-3-4-5(7)8-2-9-6(4)11-10-3/h2-6,8-9H,1H3;2H,1H3,(H3,7,8,9,10,11). The zero-order valence-corrected chi connectivity index (χ0v) is 16.5. The van der Waals surface area contributed by atoms with Gasteiger partial charge in [-0.15, -0.1) is 0 Å². The molecule has 0 aliphatic rings. The highest BCUT2D eigenvalue weighted by molar-refractivity contribution is 7.90. The van der Waals surface area contributed by atoms with Crippen LogP contribution in [0, 0.1) is 18.3 Å². The van der Waals surface area contributed by atoms with Gasteiger partial charge in [0.15, 0.2) is 15.5 Å². The molecule has 4 aromatic rings. The number of nitrogens with two attached hydrogens (primary N) is 1. The average Bonchev–Trinajstić information content (AvgIpc) is 3.10. The first kappa shape index (κ1) is 19.9. The minimum atomic E-state index is -3.30. The molecular weight excluding hydrogens is 390 g/mol. The molecule has 0 saturated carbocycles. The summed E-state index contributed by atoms with van der Waals surface area (Å²) in [6.07, 6.45) is 5.38. The second-order valence-corrected chi connectivity index (χ2v) is 8.16. The third-order valence-electron chi connectivity index (χ3n) is 4.06. The number of aryl methyl sites for hydroxylation is 1. The van der Waals surface area contributed by atoms with E-state index >= 15 is 0 Å². The Morgan fingerprint density at radius 3 is 2.62 bits per heavy atom. The predicted octanol–water partition coefficient (Wildman–Crippen LogP) is 2.27. The monoisotopic (exact) mass is 407 g/mol. The fraction of sp³-hybridized carbons (Fsp3) is 0.105. The Bertz CT molecular complexity index is 1320. The molecule has 0 fully saturated rings. The molecule has 0 spiro atoms. The smallest absolute Gasteiger partial charge is 0.186 e. The second kappa shape index (κ2) is 8.04. The second-order valence-electron chi connectivity index (χ2n) is 6.14. The number of rotatable bonds is 2. The average molecular weight is 407 g/mol. The Kier molecular flexibility index (Phi) is 5.52. The van der Waals surface area contributed by atoms with Gasteiger partial charge in [-0.05, 0) is 19.1 Å². The molecule has 3 heterocycles. The van der Waals surface area contributed by atoms with Gasteiger partial charge in [0.2, 0.25) is 0 Å². The minimum Gasteiger partial charge on any atom is -0.383 e. The van der Waals surface area contributed by atoms with Gasteiger partial charge in [-0.2, -0.15) is 10.4 Å². The topological polar surface area (TPSA) is 151 Å². The number of H-pyrrole nitrogens is 1. The molecule has 1 aromatic carbocycles. The first-order valence-corrected chi connectivity index (χ1v) is 10.3. The van der Waals surface area contributed by atoms with E-state index in [0.29, 0.717) is 28.2 Å². The summed E-state index contributed by atoms with van der Waals surface area (Å²) >= 11 is 0. The van der Waals surface area contributed by atoms with Gasteiger partial charge < -0.3 is 5.73 Å². The van der Waals surface area contributed by atoms with E-state index in [9.17, 15) is 8.42 Å². The summed E-state index contributed by atoms with van der Waals surface area (Å²) in [7, 11) is -3.30. The van der Waals surface area contributed by atoms with Crippen LogP contribution >= 0.6 is 0 Å². The van der Waals surface area contributed by atoms with Crippen molar-refractivity contribution >= 4 is 26.7 Å². The van der Waals surface area contributed by atoms with E-state index in [1.54, 1.807) is 30.5 Å². The first-order chi connectivity index (χ1) is 13.8. The molecule has 3 N–H and O–H groups in total.